The molecule has 7 N–H and O–H groups in total. The normalized spacial score (nSPS) is 49.1. The maximum absolute atomic E-state index is 13.7. The van der Waals surface area contributed by atoms with Crippen LogP contribution in [-0.2, 0) is 14.3 Å². The largest absolute Gasteiger partial charge is 0.447 e. The van der Waals surface area contributed by atoms with Crippen molar-refractivity contribution in [1.29, 1.82) is 0 Å². The monoisotopic (exact) mass is 670 g/mol. The van der Waals surface area contributed by atoms with Gasteiger partial charge in [-0.15, -0.1) is 0 Å². The number of rotatable bonds is 10. The molecule has 0 saturated heterocycles. The van der Waals surface area contributed by atoms with Crippen LogP contribution in [-0.4, -0.2) is 99.6 Å². The molecule has 268 valence electrons. The number of ether oxygens (including phenoxy) is 1. The first-order valence-corrected chi connectivity index (χ1v) is 18.7. The summed E-state index contributed by atoms with van der Waals surface area (Å²) >= 11 is 0. The second kappa shape index (κ2) is 11.7. The highest BCUT2D eigenvalue weighted by molar-refractivity contribution is 5.89. The zero-order valence-corrected chi connectivity index (χ0v) is 29.1. The fourth-order valence-corrected chi connectivity index (χ4v) is 13.3. The molecule has 0 radical (unpaired) electrons. The summed E-state index contributed by atoms with van der Waals surface area (Å²) in [5.41, 5.74) is -7.66. The van der Waals surface area contributed by atoms with Gasteiger partial charge in [0.25, 0.3) is 0 Å². The van der Waals surface area contributed by atoms with Crippen molar-refractivity contribution >= 4 is 12.3 Å². The highest BCUT2D eigenvalue weighted by atomic mass is 16.6. The van der Waals surface area contributed by atoms with Crippen molar-refractivity contribution in [2.24, 2.45) is 39.9 Å². The average Bonchev–Trinajstić information content (AvgIpc) is 3.48. The fourth-order valence-electron chi connectivity index (χ4n) is 13.3. The third-order valence-electron chi connectivity index (χ3n) is 15.2. The summed E-state index contributed by atoms with van der Waals surface area (Å²) in [6.07, 6.45) is 9.60. The number of hydrogen-bond donors (Lipinski definition) is 7. The number of aliphatic hydroxyl groups excluding tert-OH is 2. The van der Waals surface area contributed by atoms with Crippen LogP contribution < -0.4 is 10.6 Å². The molecular formula is C38H58N2O8. The number of carbonyl (C=O) groups excluding carboxylic acids is 2. The second-order valence-corrected chi connectivity index (χ2v) is 17.2. The van der Waals surface area contributed by atoms with Crippen molar-refractivity contribution in [2.75, 3.05) is 33.3 Å². The predicted octanol–water partition coefficient (Wildman–Crippen LogP) is 2.31. The molecule has 1 spiro atoms. The number of likely N-dealkylation sites (N-methyl/N-ethyl adjacent to an activating group) is 1. The van der Waals surface area contributed by atoms with E-state index in [9.17, 15) is 35.1 Å². The lowest BCUT2D eigenvalue weighted by molar-refractivity contribution is -0.340. The van der Waals surface area contributed by atoms with Crippen LogP contribution >= 0.6 is 0 Å². The standard InChI is InChI=1S/C38H58N2O8/c1-24(2)6-7-25-18-37(46)29(32(22-41)12-8-28(43)20-36(25,32)45)9-13-33-10-4-5-11-35-27(21-40-15-14-39-3)16-26(19-38(33,37)47)34(33,23-42)30(35)17-31(44)48-35/h16-17,22,24-26,28-29,39-40,42-43,45-47H,4-15,18-21,23H2,1-3H3. The van der Waals surface area contributed by atoms with E-state index in [-0.39, 0.29) is 38.2 Å². The molecule has 1 heterocycles. The number of aldehydes is 1. The molecule has 1 aliphatic heterocycles. The summed E-state index contributed by atoms with van der Waals surface area (Å²) in [4.78, 5) is 26.9. The summed E-state index contributed by atoms with van der Waals surface area (Å²) in [5, 5.41) is 69.2. The predicted molar refractivity (Wildman–Crippen MR) is 178 cm³/mol. The third kappa shape index (κ3) is 4.11. The van der Waals surface area contributed by atoms with E-state index < -0.39 is 62.6 Å². The Bertz CT molecular complexity index is 1380. The van der Waals surface area contributed by atoms with E-state index in [4.69, 9.17) is 4.74 Å². The Morgan fingerprint density at radius 2 is 1.79 bits per heavy atom. The highest BCUT2D eigenvalue weighted by Crippen LogP contribution is 2.81. The first kappa shape index (κ1) is 34.8. The molecule has 6 aliphatic carbocycles. The van der Waals surface area contributed by atoms with Gasteiger partial charge in [-0.2, -0.15) is 0 Å². The molecule has 48 heavy (non-hydrogen) atoms. The van der Waals surface area contributed by atoms with Gasteiger partial charge in [0.15, 0.2) is 5.60 Å². The minimum Gasteiger partial charge on any atom is -0.447 e. The van der Waals surface area contributed by atoms with E-state index in [0.717, 1.165) is 43.2 Å². The highest BCUT2D eigenvalue weighted by Gasteiger charge is 2.85. The topological polar surface area (TPSA) is 169 Å². The number of allylic oxidation sites excluding steroid dienone is 1. The van der Waals surface area contributed by atoms with Gasteiger partial charge in [-0.3, -0.25) is 0 Å². The Kier molecular flexibility index (Phi) is 8.47. The van der Waals surface area contributed by atoms with E-state index in [1.165, 1.54) is 0 Å². The molecule has 10 heteroatoms. The summed E-state index contributed by atoms with van der Waals surface area (Å²) in [6, 6.07) is 0. The molecule has 10 nitrogen and oxygen atoms in total. The average molecular weight is 671 g/mol. The van der Waals surface area contributed by atoms with E-state index in [1.54, 1.807) is 6.08 Å². The van der Waals surface area contributed by atoms with Crippen LogP contribution in [0.2, 0.25) is 0 Å². The first-order valence-electron chi connectivity index (χ1n) is 18.7. The molecule has 0 amide bonds. The van der Waals surface area contributed by atoms with Crippen LogP contribution in [0.3, 0.4) is 0 Å². The van der Waals surface area contributed by atoms with Gasteiger partial charge in [0.1, 0.15) is 11.9 Å². The molecule has 0 aromatic heterocycles. The van der Waals surface area contributed by atoms with Crippen LogP contribution in [0.1, 0.15) is 97.3 Å². The number of aliphatic hydroxyl groups is 5. The Hall–Kier alpha value is -1.66. The van der Waals surface area contributed by atoms with Gasteiger partial charge in [0.2, 0.25) is 0 Å². The van der Waals surface area contributed by atoms with Crippen molar-refractivity contribution in [2.45, 2.75) is 126 Å². The molecule has 0 aromatic rings. The quantitative estimate of drug-likeness (QED) is 0.0793. The molecule has 5 saturated carbocycles. The van der Waals surface area contributed by atoms with Crippen LogP contribution in [0, 0.1) is 39.9 Å². The van der Waals surface area contributed by atoms with Crippen molar-refractivity contribution in [1.82, 2.24) is 10.6 Å². The van der Waals surface area contributed by atoms with Crippen LogP contribution in [0.5, 0.6) is 0 Å². The van der Waals surface area contributed by atoms with Gasteiger partial charge in [0.05, 0.1) is 29.3 Å². The molecule has 0 aromatic carbocycles. The summed E-state index contributed by atoms with van der Waals surface area (Å²) in [5.74, 6) is -1.72. The molecule has 5 fully saturated rings. The lowest BCUT2D eigenvalue weighted by atomic mass is 9.35. The number of carbonyl (C=O) groups is 2. The lowest BCUT2D eigenvalue weighted by Crippen LogP contribution is -2.80. The Balaban J connectivity index is 1.41. The minimum absolute atomic E-state index is 0.0787. The molecule has 2 bridgehead atoms. The Morgan fingerprint density at radius 1 is 1.02 bits per heavy atom. The van der Waals surface area contributed by atoms with E-state index in [2.05, 4.69) is 30.6 Å². The minimum atomic E-state index is -1.74. The summed E-state index contributed by atoms with van der Waals surface area (Å²) in [7, 11) is 1.90. The molecule has 7 rings (SSSR count). The van der Waals surface area contributed by atoms with Crippen molar-refractivity contribution < 1.29 is 39.9 Å². The van der Waals surface area contributed by atoms with Crippen molar-refractivity contribution in [3.05, 3.63) is 23.3 Å². The summed E-state index contributed by atoms with van der Waals surface area (Å²) < 4.78 is 6.31. The van der Waals surface area contributed by atoms with Crippen molar-refractivity contribution in [3.8, 4) is 0 Å². The van der Waals surface area contributed by atoms with Crippen LogP contribution in [0.15, 0.2) is 23.3 Å². The lowest BCUT2D eigenvalue weighted by Gasteiger charge is -2.72. The zero-order chi connectivity index (χ0) is 34.4. The molecule has 11 atom stereocenters. The van der Waals surface area contributed by atoms with Crippen molar-refractivity contribution in [3.63, 3.8) is 0 Å². The number of hydrogen-bond acceptors (Lipinski definition) is 10. The SMILES string of the molecule is CNCCNCC1=CC2CC3(O)C4(O)CC(CCC(C)C)C5(O)CC(O)CCC5(C=O)C4CCC34CCCCC13OC(=O)C=C3C24CO. The van der Waals surface area contributed by atoms with Gasteiger partial charge in [-0.1, -0.05) is 32.8 Å². The molecule has 11 unspecified atom stereocenters. The third-order valence-corrected chi connectivity index (χ3v) is 15.2. The number of esters is 1. The van der Waals surface area contributed by atoms with E-state index in [0.29, 0.717) is 57.5 Å². The Labute approximate surface area is 284 Å². The van der Waals surface area contributed by atoms with Gasteiger partial charge in [0, 0.05) is 48.9 Å². The fraction of sp³-hybridized carbons (Fsp3) is 0.842. The van der Waals surface area contributed by atoms with Crippen LogP contribution in [0.4, 0.5) is 0 Å². The van der Waals surface area contributed by atoms with E-state index in [1.807, 2.05) is 7.05 Å². The maximum Gasteiger partial charge on any atom is 0.332 e. The molecule has 7 aliphatic rings. The zero-order valence-electron chi connectivity index (χ0n) is 29.1. The van der Waals surface area contributed by atoms with Gasteiger partial charge in [-0.05, 0) is 100 Å². The van der Waals surface area contributed by atoms with Gasteiger partial charge >= 0.3 is 5.97 Å². The van der Waals surface area contributed by atoms with Crippen LogP contribution in [0.25, 0.3) is 0 Å². The Morgan fingerprint density at radius 3 is 2.50 bits per heavy atom. The van der Waals surface area contributed by atoms with Gasteiger partial charge in [-0.25, -0.2) is 4.79 Å². The van der Waals surface area contributed by atoms with E-state index >= 15 is 0 Å². The summed E-state index contributed by atoms with van der Waals surface area (Å²) in [6.45, 7) is 5.89. The maximum atomic E-state index is 13.7. The smallest absolute Gasteiger partial charge is 0.332 e. The number of nitrogens with one attached hydrogen (secondary N) is 2. The number of fused-ring (bicyclic) bond motifs is 4. The second-order valence-electron chi connectivity index (χ2n) is 17.2. The molecular weight excluding hydrogens is 612 g/mol. The van der Waals surface area contributed by atoms with Gasteiger partial charge < -0.3 is 45.7 Å². The first-order chi connectivity index (χ1) is 22.8.